The van der Waals surface area contributed by atoms with E-state index in [1.165, 1.54) is 7.11 Å². The highest BCUT2D eigenvalue weighted by molar-refractivity contribution is 5.39. The average Bonchev–Trinajstić information content (AvgIpc) is 2.60. The molecule has 0 aliphatic heterocycles. The van der Waals surface area contributed by atoms with Crippen LogP contribution in [0, 0.1) is 10.8 Å². The zero-order valence-electron chi connectivity index (χ0n) is 10.9. The zero-order chi connectivity index (χ0) is 12.8. The summed E-state index contributed by atoms with van der Waals surface area (Å²) in [7, 11) is 1.50. The Morgan fingerprint density at radius 2 is 1.71 bits per heavy atom. The molecule has 3 N–H and O–H groups in total. The molecule has 1 aliphatic carbocycles. The molecule has 17 heavy (non-hydrogen) atoms. The van der Waals surface area contributed by atoms with Gasteiger partial charge in [-0.15, -0.1) is 0 Å². The quantitative estimate of drug-likeness (QED) is 0.824. The van der Waals surface area contributed by atoms with Gasteiger partial charge in [0.2, 0.25) is 11.9 Å². The van der Waals surface area contributed by atoms with Crippen LogP contribution in [-0.4, -0.2) is 28.1 Å². The van der Waals surface area contributed by atoms with E-state index in [-0.39, 0.29) is 22.8 Å². The number of rotatable bonds is 3. The molecular formula is C11H19N5O. The Labute approximate surface area is 101 Å². The minimum Gasteiger partial charge on any atom is -0.467 e. The van der Waals surface area contributed by atoms with Crippen molar-refractivity contribution in [3.05, 3.63) is 0 Å². The third-order valence-corrected chi connectivity index (χ3v) is 4.11. The Balaban J connectivity index is 2.18. The zero-order valence-corrected chi connectivity index (χ0v) is 10.9. The maximum Gasteiger partial charge on any atom is 0.322 e. The number of hydrogen-bond acceptors (Lipinski definition) is 6. The third kappa shape index (κ3) is 1.77. The molecule has 0 amide bonds. The summed E-state index contributed by atoms with van der Waals surface area (Å²) in [6, 6.07) is 0.553. The number of aromatic nitrogens is 3. The fourth-order valence-electron chi connectivity index (χ4n) is 2.21. The number of nitrogens with one attached hydrogen (secondary N) is 1. The van der Waals surface area contributed by atoms with Crippen molar-refractivity contribution in [2.24, 2.45) is 10.8 Å². The third-order valence-electron chi connectivity index (χ3n) is 4.11. The lowest BCUT2D eigenvalue weighted by Gasteiger charge is -2.07. The SMILES string of the molecule is COc1nc(N)nc(NC2C(C)(C)C2(C)C)n1. The van der Waals surface area contributed by atoms with Gasteiger partial charge in [0, 0.05) is 6.04 Å². The van der Waals surface area contributed by atoms with Gasteiger partial charge in [0.1, 0.15) is 0 Å². The van der Waals surface area contributed by atoms with E-state index in [1.807, 2.05) is 0 Å². The lowest BCUT2D eigenvalue weighted by atomic mass is 10.0. The first kappa shape index (κ1) is 11.9. The van der Waals surface area contributed by atoms with E-state index >= 15 is 0 Å². The maximum absolute atomic E-state index is 5.58. The molecule has 2 rings (SSSR count). The largest absolute Gasteiger partial charge is 0.467 e. The number of nitrogens with zero attached hydrogens (tertiary/aromatic N) is 3. The Morgan fingerprint density at radius 1 is 1.12 bits per heavy atom. The Kier molecular flexibility index (Phi) is 2.41. The normalized spacial score (nSPS) is 21.0. The fraction of sp³-hybridized carbons (Fsp3) is 0.727. The Bertz CT molecular complexity index is 429. The van der Waals surface area contributed by atoms with E-state index in [2.05, 4.69) is 48.0 Å². The second-order valence-electron chi connectivity index (χ2n) is 5.52. The van der Waals surface area contributed by atoms with Gasteiger partial charge >= 0.3 is 6.01 Å². The standard InChI is InChI=1S/C11H19N5O/c1-10(2)6(11(10,3)4)13-8-14-7(12)15-9(16-8)17-5/h6H,1-5H3,(H3,12,13,14,15,16). The molecule has 0 saturated heterocycles. The van der Waals surface area contributed by atoms with Crippen LogP contribution in [0.25, 0.3) is 0 Å². The molecule has 0 aromatic carbocycles. The topological polar surface area (TPSA) is 86.0 Å². The van der Waals surface area contributed by atoms with Gasteiger partial charge in [-0.3, -0.25) is 0 Å². The first-order valence-electron chi connectivity index (χ1n) is 5.61. The molecular weight excluding hydrogens is 218 g/mol. The predicted octanol–water partition coefficient (Wildman–Crippen LogP) is 1.31. The smallest absolute Gasteiger partial charge is 0.322 e. The summed E-state index contributed by atoms with van der Waals surface area (Å²) >= 11 is 0. The van der Waals surface area contributed by atoms with E-state index in [0.29, 0.717) is 12.0 Å². The number of ether oxygens (including phenoxy) is 1. The van der Waals surface area contributed by atoms with Crippen LogP contribution in [0.3, 0.4) is 0 Å². The van der Waals surface area contributed by atoms with Gasteiger partial charge < -0.3 is 15.8 Å². The van der Waals surface area contributed by atoms with Crippen LogP contribution in [0.1, 0.15) is 27.7 Å². The van der Waals surface area contributed by atoms with Gasteiger partial charge in [0.25, 0.3) is 0 Å². The summed E-state index contributed by atoms with van der Waals surface area (Å²) in [6.45, 7) is 8.86. The number of nitrogens with two attached hydrogens (primary N) is 1. The monoisotopic (exact) mass is 237 g/mol. The number of hydrogen-bond donors (Lipinski definition) is 2. The second kappa shape index (κ2) is 3.45. The summed E-state index contributed by atoms with van der Waals surface area (Å²) in [5.74, 6) is 0.633. The molecule has 1 aromatic heterocycles. The van der Waals surface area contributed by atoms with E-state index in [1.54, 1.807) is 0 Å². The molecule has 1 fully saturated rings. The first-order chi connectivity index (χ1) is 7.79. The van der Waals surface area contributed by atoms with Gasteiger partial charge in [-0.2, -0.15) is 15.0 Å². The van der Waals surface area contributed by atoms with Crippen LogP contribution < -0.4 is 15.8 Å². The molecule has 0 spiro atoms. The maximum atomic E-state index is 5.58. The van der Waals surface area contributed by atoms with Crippen LogP contribution in [0.4, 0.5) is 11.9 Å². The van der Waals surface area contributed by atoms with E-state index in [9.17, 15) is 0 Å². The second-order valence-corrected chi connectivity index (χ2v) is 5.52. The van der Waals surface area contributed by atoms with Crippen molar-refractivity contribution >= 4 is 11.9 Å². The van der Waals surface area contributed by atoms with Crippen molar-refractivity contribution in [1.29, 1.82) is 0 Å². The van der Waals surface area contributed by atoms with Crippen LogP contribution >= 0.6 is 0 Å². The summed E-state index contributed by atoms with van der Waals surface area (Å²) < 4.78 is 4.96. The highest BCUT2D eigenvalue weighted by Crippen LogP contribution is 2.63. The Morgan fingerprint density at radius 3 is 2.18 bits per heavy atom. The highest BCUT2D eigenvalue weighted by atomic mass is 16.5. The lowest BCUT2D eigenvalue weighted by Crippen LogP contribution is -2.14. The predicted molar refractivity (Wildman–Crippen MR) is 65.8 cm³/mol. The van der Waals surface area contributed by atoms with Crippen molar-refractivity contribution < 1.29 is 4.74 Å². The van der Waals surface area contributed by atoms with Crippen LogP contribution in [-0.2, 0) is 0 Å². The number of anilines is 2. The van der Waals surface area contributed by atoms with E-state index in [4.69, 9.17) is 10.5 Å². The number of methoxy groups -OCH3 is 1. The lowest BCUT2D eigenvalue weighted by molar-refractivity contribution is 0.379. The molecule has 94 valence electrons. The van der Waals surface area contributed by atoms with E-state index < -0.39 is 0 Å². The highest BCUT2D eigenvalue weighted by Gasteiger charge is 2.65. The molecule has 6 heteroatoms. The van der Waals surface area contributed by atoms with Crippen molar-refractivity contribution in [2.75, 3.05) is 18.2 Å². The van der Waals surface area contributed by atoms with Gasteiger partial charge in [0.05, 0.1) is 7.11 Å². The summed E-state index contributed by atoms with van der Waals surface area (Å²) in [5, 5.41) is 3.29. The van der Waals surface area contributed by atoms with Crippen molar-refractivity contribution in [1.82, 2.24) is 15.0 Å². The average molecular weight is 237 g/mol. The minimum absolute atomic E-state index is 0.163. The van der Waals surface area contributed by atoms with Gasteiger partial charge in [0.15, 0.2) is 0 Å². The van der Waals surface area contributed by atoms with Crippen LogP contribution in [0.5, 0.6) is 6.01 Å². The molecule has 1 aromatic rings. The first-order valence-corrected chi connectivity index (χ1v) is 5.61. The van der Waals surface area contributed by atoms with Gasteiger partial charge in [-0.25, -0.2) is 0 Å². The molecule has 0 unspecified atom stereocenters. The van der Waals surface area contributed by atoms with Crippen LogP contribution in [0.2, 0.25) is 0 Å². The summed E-state index contributed by atoms with van der Waals surface area (Å²) in [4.78, 5) is 12.0. The molecule has 1 heterocycles. The van der Waals surface area contributed by atoms with Crippen molar-refractivity contribution in [2.45, 2.75) is 33.7 Å². The van der Waals surface area contributed by atoms with E-state index in [0.717, 1.165) is 0 Å². The Hall–Kier alpha value is -1.59. The molecule has 0 bridgehead atoms. The minimum atomic E-state index is 0.163. The molecule has 1 saturated carbocycles. The summed E-state index contributed by atoms with van der Waals surface area (Å²) in [5.41, 5.74) is 6.00. The molecule has 1 aliphatic rings. The fourth-order valence-corrected chi connectivity index (χ4v) is 2.21. The van der Waals surface area contributed by atoms with Crippen molar-refractivity contribution in [3.8, 4) is 6.01 Å². The van der Waals surface area contributed by atoms with Gasteiger partial charge in [-0.1, -0.05) is 27.7 Å². The molecule has 0 atom stereocenters. The number of nitrogen functional groups attached to an aromatic ring is 1. The summed E-state index contributed by atoms with van der Waals surface area (Å²) in [6.07, 6.45) is 0. The van der Waals surface area contributed by atoms with Gasteiger partial charge in [-0.05, 0) is 10.8 Å². The molecule has 0 radical (unpaired) electrons. The van der Waals surface area contributed by atoms with Crippen LogP contribution in [0.15, 0.2) is 0 Å². The van der Waals surface area contributed by atoms with Crippen molar-refractivity contribution in [3.63, 3.8) is 0 Å². The molecule has 6 nitrogen and oxygen atoms in total.